The highest BCUT2D eigenvalue weighted by Gasteiger charge is 2.27. The van der Waals surface area contributed by atoms with Crippen molar-refractivity contribution in [1.82, 2.24) is 9.78 Å². The van der Waals surface area contributed by atoms with E-state index in [-0.39, 0.29) is 5.69 Å². The van der Waals surface area contributed by atoms with Gasteiger partial charge in [-0.05, 0) is 72.0 Å². The number of carboxylic acids is 1. The number of hydrogen-bond acceptors (Lipinski definition) is 2. The minimum Gasteiger partial charge on any atom is -0.476 e. The Morgan fingerprint density at radius 3 is 2.75 bits per heavy atom. The molecule has 0 amide bonds. The number of rotatable bonds is 2. The highest BCUT2D eigenvalue weighted by molar-refractivity contribution is 14.1. The van der Waals surface area contributed by atoms with Crippen LogP contribution in [0.15, 0.2) is 24.3 Å². The third-order valence-electron chi connectivity index (χ3n) is 3.79. The molecule has 1 atom stereocenters. The normalized spacial score (nSPS) is 17.8. The lowest BCUT2D eigenvalue weighted by Gasteiger charge is -2.19. The second kappa shape index (κ2) is 5.20. The summed E-state index contributed by atoms with van der Waals surface area (Å²) in [5, 5.41) is 13.7. The maximum atomic E-state index is 11.4. The lowest BCUT2D eigenvalue weighted by molar-refractivity contribution is 0.0688. The molecule has 1 heterocycles. The Balaban J connectivity index is 2.14. The molecule has 5 heteroatoms. The van der Waals surface area contributed by atoms with Gasteiger partial charge in [0, 0.05) is 14.8 Å². The van der Waals surface area contributed by atoms with Crippen LogP contribution in [0, 0.1) is 9.49 Å². The van der Waals surface area contributed by atoms with Gasteiger partial charge in [-0.3, -0.25) is 0 Å². The standard InChI is InChI=1S/C15H15IN2O2/c1-9-2-7-13-12(8-9)14(15(19)20)17-18(13)11-5-3-10(16)4-6-11/h3-6,9H,2,7-8H2,1H3,(H,19,20). The zero-order valence-corrected chi connectivity index (χ0v) is 13.3. The van der Waals surface area contributed by atoms with E-state index in [1.165, 1.54) is 0 Å². The molecule has 3 rings (SSSR count). The topological polar surface area (TPSA) is 55.1 Å². The van der Waals surface area contributed by atoms with Gasteiger partial charge in [0.25, 0.3) is 0 Å². The summed E-state index contributed by atoms with van der Waals surface area (Å²) in [6, 6.07) is 7.99. The van der Waals surface area contributed by atoms with Crippen LogP contribution in [0.25, 0.3) is 5.69 Å². The second-order valence-corrected chi connectivity index (χ2v) is 6.56. The Labute approximate surface area is 130 Å². The van der Waals surface area contributed by atoms with Crippen molar-refractivity contribution < 1.29 is 9.90 Å². The van der Waals surface area contributed by atoms with Gasteiger partial charge in [-0.15, -0.1) is 0 Å². The summed E-state index contributed by atoms with van der Waals surface area (Å²) in [5.41, 5.74) is 3.12. The third-order valence-corrected chi connectivity index (χ3v) is 4.51. The number of aromatic nitrogens is 2. The van der Waals surface area contributed by atoms with Crippen molar-refractivity contribution in [2.45, 2.75) is 26.2 Å². The van der Waals surface area contributed by atoms with E-state index < -0.39 is 5.97 Å². The largest absolute Gasteiger partial charge is 0.476 e. The van der Waals surface area contributed by atoms with Crippen LogP contribution in [0.3, 0.4) is 0 Å². The van der Waals surface area contributed by atoms with E-state index >= 15 is 0 Å². The molecule has 1 aromatic carbocycles. The van der Waals surface area contributed by atoms with Crippen LogP contribution in [0.2, 0.25) is 0 Å². The average Bonchev–Trinajstić information content (AvgIpc) is 2.78. The molecule has 1 aliphatic carbocycles. The van der Waals surface area contributed by atoms with E-state index in [9.17, 15) is 9.90 Å². The Morgan fingerprint density at radius 1 is 1.40 bits per heavy atom. The van der Waals surface area contributed by atoms with Crippen LogP contribution in [-0.4, -0.2) is 20.9 Å². The van der Waals surface area contributed by atoms with Gasteiger partial charge in [-0.2, -0.15) is 5.10 Å². The minimum absolute atomic E-state index is 0.213. The Hall–Kier alpha value is -1.37. The fourth-order valence-corrected chi connectivity index (χ4v) is 3.12. The van der Waals surface area contributed by atoms with Gasteiger partial charge in [0.05, 0.1) is 5.69 Å². The van der Waals surface area contributed by atoms with Crippen LogP contribution in [0.4, 0.5) is 0 Å². The van der Waals surface area contributed by atoms with Crippen molar-refractivity contribution in [3.05, 3.63) is 44.8 Å². The monoisotopic (exact) mass is 382 g/mol. The minimum atomic E-state index is -0.931. The van der Waals surface area contributed by atoms with Crippen molar-refractivity contribution in [3.63, 3.8) is 0 Å². The number of hydrogen-bond donors (Lipinski definition) is 1. The van der Waals surface area contributed by atoms with Gasteiger partial charge in [0.15, 0.2) is 5.69 Å². The SMILES string of the molecule is CC1CCc2c(c(C(=O)O)nn2-c2ccc(I)cc2)C1. The molecule has 2 aromatic rings. The average molecular weight is 382 g/mol. The van der Waals surface area contributed by atoms with E-state index in [0.717, 1.165) is 39.8 Å². The second-order valence-electron chi connectivity index (χ2n) is 5.32. The maximum Gasteiger partial charge on any atom is 0.356 e. The number of carbonyl (C=O) groups is 1. The van der Waals surface area contributed by atoms with Gasteiger partial charge in [-0.1, -0.05) is 6.92 Å². The first kappa shape index (κ1) is 13.6. The molecule has 0 bridgehead atoms. The highest BCUT2D eigenvalue weighted by atomic mass is 127. The molecule has 20 heavy (non-hydrogen) atoms. The lowest BCUT2D eigenvalue weighted by atomic mass is 9.87. The molecule has 4 nitrogen and oxygen atoms in total. The summed E-state index contributed by atoms with van der Waals surface area (Å²) in [6.07, 6.45) is 2.78. The van der Waals surface area contributed by atoms with Gasteiger partial charge >= 0.3 is 5.97 Å². The number of nitrogens with zero attached hydrogens (tertiary/aromatic N) is 2. The van der Waals surface area contributed by atoms with E-state index in [4.69, 9.17) is 0 Å². The van der Waals surface area contributed by atoms with Gasteiger partial charge in [0.2, 0.25) is 0 Å². The molecule has 0 saturated heterocycles. The smallest absolute Gasteiger partial charge is 0.356 e. The van der Waals surface area contributed by atoms with Gasteiger partial charge in [-0.25, -0.2) is 9.48 Å². The first-order valence-corrected chi connectivity index (χ1v) is 7.74. The number of halogens is 1. The van der Waals surface area contributed by atoms with E-state index in [1.807, 2.05) is 24.3 Å². The Bertz CT molecular complexity index is 661. The van der Waals surface area contributed by atoms with Crippen molar-refractivity contribution in [1.29, 1.82) is 0 Å². The van der Waals surface area contributed by atoms with E-state index in [1.54, 1.807) is 4.68 Å². The molecule has 1 unspecified atom stereocenters. The van der Waals surface area contributed by atoms with Crippen molar-refractivity contribution >= 4 is 28.6 Å². The molecular formula is C15H15IN2O2. The molecule has 104 valence electrons. The first-order chi connectivity index (χ1) is 9.56. The van der Waals surface area contributed by atoms with E-state index in [0.29, 0.717) is 5.92 Å². The predicted octanol–water partition coefficient (Wildman–Crippen LogP) is 3.30. The molecule has 0 radical (unpaired) electrons. The lowest BCUT2D eigenvalue weighted by Crippen LogP contribution is -2.14. The van der Waals surface area contributed by atoms with Crippen LogP contribution >= 0.6 is 22.6 Å². The molecule has 1 N–H and O–H groups in total. The summed E-state index contributed by atoms with van der Waals surface area (Å²) in [4.78, 5) is 11.4. The summed E-state index contributed by atoms with van der Waals surface area (Å²) in [5.74, 6) is -0.408. The zero-order valence-electron chi connectivity index (χ0n) is 11.1. The summed E-state index contributed by atoms with van der Waals surface area (Å²) in [7, 11) is 0. The van der Waals surface area contributed by atoms with Crippen molar-refractivity contribution in [2.75, 3.05) is 0 Å². The van der Waals surface area contributed by atoms with E-state index in [2.05, 4.69) is 34.6 Å². The predicted molar refractivity (Wildman–Crippen MR) is 84.4 cm³/mol. The van der Waals surface area contributed by atoms with Crippen molar-refractivity contribution in [3.8, 4) is 5.69 Å². The molecule has 0 spiro atoms. The number of carboxylic acid groups (broad SMARTS) is 1. The number of aromatic carboxylic acids is 1. The zero-order chi connectivity index (χ0) is 14.3. The van der Waals surface area contributed by atoms with Crippen molar-refractivity contribution in [2.24, 2.45) is 5.92 Å². The Morgan fingerprint density at radius 2 is 2.10 bits per heavy atom. The summed E-state index contributed by atoms with van der Waals surface area (Å²) >= 11 is 2.25. The number of benzene rings is 1. The molecule has 0 aliphatic heterocycles. The van der Waals surface area contributed by atoms with Crippen LogP contribution in [0.5, 0.6) is 0 Å². The van der Waals surface area contributed by atoms with Gasteiger partial charge < -0.3 is 5.11 Å². The highest BCUT2D eigenvalue weighted by Crippen LogP contribution is 2.30. The Kier molecular flexibility index (Phi) is 3.54. The quantitative estimate of drug-likeness (QED) is 0.811. The molecular weight excluding hydrogens is 367 g/mol. The van der Waals surface area contributed by atoms with Crippen LogP contribution < -0.4 is 0 Å². The molecule has 0 saturated carbocycles. The molecule has 1 aliphatic rings. The fraction of sp³-hybridized carbons (Fsp3) is 0.333. The summed E-state index contributed by atoms with van der Waals surface area (Å²) < 4.78 is 2.96. The third kappa shape index (κ3) is 2.34. The van der Waals surface area contributed by atoms with Crippen LogP contribution in [0.1, 0.15) is 35.1 Å². The number of fused-ring (bicyclic) bond motifs is 1. The fourth-order valence-electron chi connectivity index (χ4n) is 2.76. The van der Waals surface area contributed by atoms with Gasteiger partial charge in [0.1, 0.15) is 0 Å². The molecule has 1 aromatic heterocycles. The first-order valence-electron chi connectivity index (χ1n) is 6.66. The van der Waals surface area contributed by atoms with Crippen LogP contribution in [-0.2, 0) is 12.8 Å². The molecule has 0 fully saturated rings. The summed E-state index contributed by atoms with van der Waals surface area (Å²) in [6.45, 7) is 2.16. The maximum absolute atomic E-state index is 11.4.